The van der Waals surface area contributed by atoms with Crippen molar-refractivity contribution in [3.63, 3.8) is 0 Å². The van der Waals surface area contributed by atoms with Gasteiger partial charge in [-0.05, 0) is 31.2 Å². The van der Waals surface area contributed by atoms with Crippen LogP contribution >= 0.6 is 11.8 Å². The van der Waals surface area contributed by atoms with Gasteiger partial charge in [-0.25, -0.2) is 18.1 Å². The first-order valence-electron chi connectivity index (χ1n) is 10.4. The maximum atomic E-state index is 12.7. The summed E-state index contributed by atoms with van der Waals surface area (Å²) in [6.07, 6.45) is 1.72. The summed E-state index contributed by atoms with van der Waals surface area (Å²) in [6.45, 7) is 3.19. The highest BCUT2D eigenvalue weighted by atomic mass is 32.2. The van der Waals surface area contributed by atoms with Gasteiger partial charge in [0.25, 0.3) is 0 Å². The van der Waals surface area contributed by atoms with Crippen molar-refractivity contribution in [2.24, 2.45) is 0 Å². The van der Waals surface area contributed by atoms with Crippen LogP contribution < -0.4 is 11.2 Å². The third-order valence-corrected chi connectivity index (χ3v) is 8.14. The SMILES string of the molecule is C[C@H](Sc1nc(-c2ccccc2)cn1N)C(=O)Nc1ccc(S(=O)(=O)N2CCOCC2)cc1. The largest absolute Gasteiger partial charge is 0.379 e. The van der Waals surface area contributed by atoms with Crippen LogP contribution in [0.3, 0.4) is 0 Å². The molecular weight excluding hydrogens is 462 g/mol. The molecule has 1 amide bonds. The van der Waals surface area contributed by atoms with E-state index >= 15 is 0 Å². The minimum absolute atomic E-state index is 0.184. The van der Waals surface area contributed by atoms with Gasteiger partial charge in [0.2, 0.25) is 15.9 Å². The van der Waals surface area contributed by atoms with Gasteiger partial charge in [0, 0.05) is 24.3 Å². The molecule has 0 unspecified atom stereocenters. The fourth-order valence-electron chi connectivity index (χ4n) is 3.31. The second-order valence-corrected chi connectivity index (χ2v) is 10.7. The monoisotopic (exact) mass is 487 g/mol. The summed E-state index contributed by atoms with van der Waals surface area (Å²) in [7, 11) is -3.58. The van der Waals surface area contributed by atoms with E-state index in [0.717, 1.165) is 11.3 Å². The highest BCUT2D eigenvalue weighted by molar-refractivity contribution is 8.00. The number of amides is 1. The molecule has 1 fully saturated rings. The Hall–Kier alpha value is -2.86. The number of carbonyl (C=O) groups is 1. The van der Waals surface area contributed by atoms with Gasteiger partial charge < -0.3 is 15.9 Å². The average molecular weight is 488 g/mol. The Kier molecular flexibility index (Phi) is 7.03. The van der Waals surface area contributed by atoms with Crippen LogP contribution in [0, 0.1) is 0 Å². The zero-order valence-electron chi connectivity index (χ0n) is 18.0. The third kappa shape index (κ3) is 5.38. The number of morpholine rings is 1. The Morgan fingerprint density at radius 2 is 1.79 bits per heavy atom. The number of rotatable bonds is 7. The Morgan fingerprint density at radius 1 is 1.12 bits per heavy atom. The Labute approximate surface area is 197 Å². The predicted octanol–water partition coefficient (Wildman–Crippen LogP) is 2.40. The molecule has 1 aromatic heterocycles. The summed E-state index contributed by atoms with van der Waals surface area (Å²) in [6, 6.07) is 15.8. The van der Waals surface area contributed by atoms with E-state index in [2.05, 4.69) is 10.3 Å². The lowest BCUT2D eigenvalue weighted by atomic mass is 10.2. The lowest BCUT2D eigenvalue weighted by molar-refractivity contribution is -0.115. The molecule has 3 N–H and O–H groups in total. The standard InChI is InChI=1S/C22H25N5O4S2/c1-16(32-22-25-20(15-27(22)23)17-5-3-2-4-6-17)21(28)24-18-7-9-19(10-8-18)33(29,30)26-11-13-31-14-12-26/h2-10,15-16H,11-14,23H2,1H3,(H,24,28)/t16-/m0/s1. The molecule has 1 aliphatic heterocycles. The van der Waals surface area contributed by atoms with Gasteiger partial charge in [-0.15, -0.1) is 0 Å². The molecular formula is C22H25N5O4S2. The second kappa shape index (κ2) is 9.96. The maximum Gasteiger partial charge on any atom is 0.243 e. The van der Waals surface area contributed by atoms with Crippen LogP contribution in [0.5, 0.6) is 0 Å². The van der Waals surface area contributed by atoms with Gasteiger partial charge in [0.1, 0.15) is 0 Å². The van der Waals surface area contributed by atoms with Crippen molar-refractivity contribution in [2.45, 2.75) is 22.2 Å². The number of nitrogens with zero attached hydrogens (tertiary/aromatic N) is 3. The van der Waals surface area contributed by atoms with E-state index in [-0.39, 0.29) is 10.8 Å². The van der Waals surface area contributed by atoms with Crippen LogP contribution in [0.25, 0.3) is 11.3 Å². The van der Waals surface area contributed by atoms with Gasteiger partial charge in [0.05, 0.1) is 35.2 Å². The molecule has 0 saturated carbocycles. The molecule has 0 spiro atoms. The van der Waals surface area contributed by atoms with Crippen LogP contribution in [0.15, 0.2) is 70.8 Å². The van der Waals surface area contributed by atoms with Crippen molar-refractivity contribution < 1.29 is 17.9 Å². The van der Waals surface area contributed by atoms with Crippen LogP contribution in [-0.4, -0.2) is 59.8 Å². The quantitative estimate of drug-likeness (QED) is 0.388. The summed E-state index contributed by atoms with van der Waals surface area (Å²) in [5.41, 5.74) is 2.17. The Bertz CT molecular complexity index is 1210. The zero-order valence-corrected chi connectivity index (χ0v) is 19.7. The third-order valence-electron chi connectivity index (χ3n) is 5.15. The molecule has 2 heterocycles. The fourth-order valence-corrected chi connectivity index (χ4v) is 5.53. The lowest BCUT2D eigenvalue weighted by Crippen LogP contribution is -2.40. The predicted molar refractivity (Wildman–Crippen MR) is 128 cm³/mol. The fraction of sp³-hybridized carbons (Fsp3) is 0.273. The van der Waals surface area contributed by atoms with Crippen molar-refractivity contribution in [1.29, 1.82) is 0 Å². The average Bonchev–Trinajstić information content (AvgIpc) is 3.20. The molecule has 11 heteroatoms. The van der Waals surface area contributed by atoms with Crippen molar-refractivity contribution in [1.82, 2.24) is 14.0 Å². The maximum absolute atomic E-state index is 12.7. The minimum atomic E-state index is -3.58. The normalized spacial score (nSPS) is 15.8. The number of hydrogen-bond donors (Lipinski definition) is 2. The molecule has 2 aromatic carbocycles. The van der Waals surface area contributed by atoms with E-state index in [0.29, 0.717) is 37.1 Å². The van der Waals surface area contributed by atoms with Crippen LogP contribution in [0.1, 0.15) is 6.92 Å². The van der Waals surface area contributed by atoms with Crippen LogP contribution in [0.4, 0.5) is 5.69 Å². The first-order chi connectivity index (χ1) is 15.8. The van der Waals surface area contributed by atoms with Crippen LogP contribution in [-0.2, 0) is 19.6 Å². The minimum Gasteiger partial charge on any atom is -0.379 e. The number of ether oxygens (including phenoxy) is 1. The van der Waals surface area contributed by atoms with E-state index < -0.39 is 15.3 Å². The number of carbonyl (C=O) groups excluding carboxylic acids is 1. The molecule has 1 aliphatic rings. The highest BCUT2D eigenvalue weighted by Gasteiger charge is 2.26. The number of sulfonamides is 1. The molecule has 0 aliphatic carbocycles. The first-order valence-corrected chi connectivity index (χ1v) is 12.7. The topological polar surface area (TPSA) is 120 Å². The number of aromatic nitrogens is 2. The summed E-state index contributed by atoms with van der Waals surface area (Å²) in [4.78, 5) is 17.4. The molecule has 0 bridgehead atoms. The van der Waals surface area contributed by atoms with E-state index in [1.54, 1.807) is 25.3 Å². The molecule has 9 nitrogen and oxygen atoms in total. The molecule has 174 valence electrons. The molecule has 33 heavy (non-hydrogen) atoms. The van der Waals surface area contributed by atoms with Crippen molar-refractivity contribution in [3.8, 4) is 11.3 Å². The second-order valence-electron chi connectivity index (χ2n) is 7.47. The summed E-state index contributed by atoms with van der Waals surface area (Å²) >= 11 is 1.24. The number of nitrogen functional groups attached to an aromatic ring is 1. The number of anilines is 1. The van der Waals surface area contributed by atoms with Crippen LogP contribution in [0.2, 0.25) is 0 Å². The number of hydrogen-bond acceptors (Lipinski definition) is 7. The summed E-state index contributed by atoms with van der Waals surface area (Å²) < 4.78 is 33.5. The number of imidazole rings is 1. The van der Waals surface area contributed by atoms with Crippen molar-refractivity contribution in [2.75, 3.05) is 37.5 Å². The molecule has 4 rings (SSSR count). The Morgan fingerprint density at radius 3 is 2.45 bits per heavy atom. The molecule has 1 atom stereocenters. The first kappa shape index (κ1) is 23.3. The van der Waals surface area contributed by atoms with E-state index in [9.17, 15) is 13.2 Å². The smallest absolute Gasteiger partial charge is 0.243 e. The molecule has 1 saturated heterocycles. The van der Waals surface area contributed by atoms with Crippen molar-refractivity contribution >= 4 is 33.4 Å². The summed E-state index contributed by atoms with van der Waals surface area (Å²) in [5, 5.41) is 2.85. The van der Waals surface area contributed by atoms with Gasteiger partial charge >= 0.3 is 0 Å². The summed E-state index contributed by atoms with van der Waals surface area (Å²) in [5.74, 6) is 5.79. The van der Waals surface area contributed by atoms with Gasteiger partial charge in [0.15, 0.2) is 5.16 Å². The molecule has 0 radical (unpaired) electrons. The van der Waals surface area contributed by atoms with E-state index in [4.69, 9.17) is 10.6 Å². The van der Waals surface area contributed by atoms with E-state index in [1.807, 2.05) is 30.3 Å². The van der Waals surface area contributed by atoms with Crippen molar-refractivity contribution in [3.05, 3.63) is 60.8 Å². The Balaban J connectivity index is 1.39. The number of benzene rings is 2. The van der Waals surface area contributed by atoms with Gasteiger partial charge in [-0.2, -0.15) is 4.31 Å². The van der Waals surface area contributed by atoms with Gasteiger partial charge in [-0.3, -0.25) is 4.79 Å². The molecule has 3 aromatic rings. The highest BCUT2D eigenvalue weighted by Crippen LogP contribution is 2.27. The van der Waals surface area contributed by atoms with Gasteiger partial charge in [-0.1, -0.05) is 42.1 Å². The van der Waals surface area contributed by atoms with E-state index in [1.165, 1.54) is 32.9 Å². The lowest BCUT2D eigenvalue weighted by Gasteiger charge is -2.26. The number of nitrogens with one attached hydrogen (secondary N) is 1. The zero-order chi connectivity index (χ0) is 23.4. The number of nitrogens with two attached hydrogens (primary N) is 1. The number of thioether (sulfide) groups is 1.